The van der Waals surface area contributed by atoms with E-state index in [-0.39, 0.29) is 11.9 Å². The molecular formula is C17H18Cl2FN. The molecule has 0 bridgehead atoms. The number of hydrogen-bond donors (Lipinski definition) is 1. The zero-order valence-electron chi connectivity index (χ0n) is 11.9. The summed E-state index contributed by atoms with van der Waals surface area (Å²) in [6, 6.07) is 12.4. The molecule has 1 unspecified atom stereocenters. The summed E-state index contributed by atoms with van der Waals surface area (Å²) in [5, 5.41) is 4.86. The Labute approximate surface area is 135 Å². The molecule has 0 saturated heterocycles. The fraction of sp³-hybridized carbons (Fsp3) is 0.294. The zero-order valence-corrected chi connectivity index (χ0v) is 13.4. The van der Waals surface area contributed by atoms with Crippen molar-refractivity contribution in [2.24, 2.45) is 0 Å². The van der Waals surface area contributed by atoms with Gasteiger partial charge in [0, 0.05) is 16.1 Å². The van der Waals surface area contributed by atoms with Crippen LogP contribution in [0.15, 0.2) is 42.5 Å². The molecule has 0 radical (unpaired) electrons. The number of rotatable bonds is 6. The maximum absolute atomic E-state index is 13.0. The van der Waals surface area contributed by atoms with Crippen molar-refractivity contribution in [2.45, 2.75) is 25.8 Å². The topological polar surface area (TPSA) is 12.0 Å². The van der Waals surface area contributed by atoms with Gasteiger partial charge >= 0.3 is 0 Å². The molecule has 4 heteroatoms. The van der Waals surface area contributed by atoms with Crippen molar-refractivity contribution < 1.29 is 4.39 Å². The van der Waals surface area contributed by atoms with Gasteiger partial charge in [-0.3, -0.25) is 0 Å². The van der Waals surface area contributed by atoms with E-state index in [0.29, 0.717) is 5.02 Å². The van der Waals surface area contributed by atoms with Gasteiger partial charge in [-0.1, -0.05) is 42.3 Å². The largest absolute Gasteiger partial charge is 0.314 e. The van der Waals surface area contributed by atoms with Crippen LogP contribution in [0, 0.1) is 5.82 Å². The van der Waals surface area contributed by atoms with Crippen LogP contribution >= 0.6 is 23.2 Å². The number of hydrogen-bond acceptors (Lipinski definition) is 1. The fourth-order valence-electron chi connectivity index (χ4n) is 2.38. The summed E-state index contributed by atoms with van der Waals surface area (Å²) in [4.78, 5) is 0. The first-order valence-electron chi connectivity index (χ1n) is 7.00. The Balaban J connectivity index is 2.11. The van der Waals surface area contributed by atoms with Crippen molar-refractivity contribution in [1.29, 1.82) is 0 Å². The van der Waals surface area contributed by atoms with Gasteiger partial charge in [0.25, 0.3) is 0 Å². The van der Waals surface area contributed by atoms with Gasteiger partial charge < -0.3 is 5.32 Å². The highest BCUT2D eigenvalue weighted by Gasteiger charge is 2.12. The third kappa shape index (κ3) is 4.99. The van der Waals surface area contributed by atoms with Crippen molar-refractivity contribution in [3.63, 3.8) is 0 Å². The minimum Gasteiger partial charge on any atom is -0.314 e. The summed E-state index contributed by atoms with van der Waals surface area (Å²) in [6.45, 7) is 2.93. The lowest BCUT2D eigenvalue weighted by atomic mass is 9.99. The molecular weight excluding hydrogens is 308 g/mol. The standard InChI is InChI=1S/C17H18Cl2FN/c1-2-21-16(9-12-3-6-15(20)7-4-12)11-13-10-14(18)5-8-17(13)19/h3-8,10,16,21H,2,9,11H2,1H3. The minimum atomic E-state index is -0.211. The highest BCUT2D eigenvalue weighted by molar-refractivity contribution is 6.33. The van der Waals surface area contributed by atoms with Crippen molar-refractivity contribution in [3.8, 4) is 0 Å². The molecule has 1 nitrogen and oxygen atoms in total. The summed E-state index contributed by atoms with van der Waals surface area (Å²) in [7, 11) is 0. The molecule has 0 saturated carbocycles. The predicted molar refractivity (Wildman–Crippen MR) is 87.7 cm³/mol. The molecule has 1 N–H and O–H groups in total. The van der Waals surface area contributed by atoms with Gasteiger partial charge in [-0.2, -0.15) is 0 Å². The van der Waals surface area contributed by atoms with E-state index in [9.17, 15) is 4.39 Å². The van der Waals surface area contributed by atoms with Crippen LogP contribution in [-0.4, -0.2) is 12.6 Å². The normalized spacial score (nSPS) is 12.4. The lowest BCUT2D eigenvalue weighted by Gasteiger charge is -2.19. The first-order chi connectivity index (χ1) is 10.1. The summed E-state index contributed by atoms with van der Waals surface area (Å²) >= 11 is 12.3. The van der Waals surface area contributed by atoms with E-state index in [1.54, 1.807) is 6.07 Å². The van der Waals surface area contributed by atoms with Gasteiger partial charge in [-0.05, 0) is 60.8 Å². The lowest BCUT2D eigenvalue weighted by Crippen LogP contribution is -2.33. The fourth-order valence-corrected chi connectivity index (χ4v) is 2.76. The van der Waals surface area contributed by atoms with Crippen molar-refractivity contribution in [1.82, 2.24) is 5.32 Å². The summed E-state index contributed by atoms with van der Waals surface area (Å²) in [5.41, 5.74) is 2.12. The van der Waals surface area contributed by atoms with Crippen molar-refractivity contribution >= 4 is 23.2 Å². The molecule has 21 heavy (non-hydrogen) atoms. The van der Waals surface area contributed by atoms with Gasteiger partial charge in [0.1, 0.15) is 5.82 Å². The first-order valence-corrected chi connectivity index (χ1v) is 7.76. The van der Waals surface area contributed by atoms with Gasteiger partial charge in [0.05, 0.1) is 0 Å². The first kappa shape index (κ1) is 16.3. The molecule has 112 valence electrons. The number of benzene rings is 2. The Hall–Kier alpha value is -1.09. The second-order valence-electron chi connectivity index (χ2n) is 5.03. The molecule has 0 fully saturated rings. The smallest absolute Gasteiger partial charge is 0.123 e. The van der Waals surface area contributed by atoms with E-state index in [1.807, 2.05) is 24.3 Å². The van der Waals surface area contributed by atoms with Crippen LogP contribution in [0.1, 0.15) is 18.1 Å². The molecule has 2 rings (SSSR count). The molecule has 2 aromatic rings. The monoisotopic (exact) mass is 325 g/mol. The average molecular weight is 326 g/mol. The van der Waals surface area contributed by atoms with Crippen LogP contribution in [0.2, 0.25) is 10.0 Å². The third-order valence-electron chi connectivity index (χ3n) is 3.36. The minimum absolute atomic E-state index is 0.211. The van der Waals surface area contributed by atoms with E-state index < -0.39 is 0 Å². The van der Waals surface area contributed by atoms with Crippen LogP contribution in [0.3, 0.4) is 0 Å². The average Bonchev–Trinajstić information content (AvgIpc) is 2.45. The van der Waals surface area contributed by atoms with Crippen LogP contribution in [0.25, 0.3) is 0 Å². The third-order valence-corrected chi connectivity index (χ3v) is 3.97. The molecule has 0 aliphatic rings. The molecule has 0 heterocycles. The highest BCUT2D eigenvalue weighted by atomic mass is 35.5. The Bertz CT molecular complexity index is 584. The molecule has 2 aromatic carbocycles. The van der Waals surface area contributed by atoms with Crippen LogP contribution < -0.4 is 5.32 Å². The highest BCUT2D eigenvalue weighted by Crippen LogP contribution is 2.22. The Morgan fingerprint density at radius 3 is 2.43 bits per heavy atom. The maximum Gasteiger partial charge on any atom is 0.123 e. The summed E-state index contributed by atoms with van der Waals surface area (Å²) in [5.74, 6) is -0.211. The number of nitrogens with one attached hydrogen (secondary N) is 1. The second-order valence-corrected chi connectivity index (χ2v) is 5.87. The predicted octanol–water partition coefficient (Wildman–Crippen LogP) is 4.90. The van der Waals surface area contributed by atoms with Crippen LogP contribution in [-0.2, 0) is 12.8 Å². The van der Waals surface area contributed by atoms with E-state index >= 15 is 0 Å². The van der Waals surface area contributed by atoms with Crippen molar-refractivity contribution in [2.75, 3.05) is 6.54 Å². The van der Waals surface area contributed by atoms with Gasteiger partial charge in [-0.15, -0.1) is 0 Å². The van der Waals surface area contributed by atoms with Gasteiger partial charge in [0.15, 0.2) is 0 Å². The van der Waals surface area contributed by atoms with Crippen LogP contribution in [0.4, 0.5) is 4.39 Å². The van der Waals surface area contributed by atoms with E-state index in [2.05, 4.69) is 12.2 Å². The number of likely N-dealkylation sites (N-methyl/N-ethyl adjacent to an activating group) is 1. The molecule has 0 aliphatic carbocycles. The summed E-state index contributed by atoms with van der Waals surface area (Å²) < 4.78 is 13.0. The zero-order chi connectivity index (χ0) is 15.2. The SMILES string of the molecule is CCNC(Cc1ccc(F)cc1)Cc1cc(Cl)ccc1Cl. The van der Waals surface area contributed by atoms with Gasteiger partial charge in [0.2, 0.25) is 0 Å². The molecule has 1 atom stereocenters. The van der Waals surface area contributed by atoms with E-state index in [1.165, 1.54) is 12.1 Å². The Kier molecular flexibility index (Phi) is 6.04. The lowest BCUT2D eigenvalue weighted by molar-refractivity contribution is 0.521. The Morgan fingerprint density at radius 1 is 1.05 bits per heavy atom. The van der Waals surface area contributed by atoms with Crippen molar-refractivity contribution in [3.05, 3.63) is 69.5 Å². The van der Waals surface area contributed by atoms with Gasteiger partial charge in [-0.25, -0.2) is 4.39 Å². The quantitative estimate of drug-likeness (QED) is 0.796. The molecule has 0 amide bonds. The number of halogens is 3. The maximum atomic E-state index is 13.0. The van der Waals surface area contributed by atoms with Crippen LogP contribution in [0.5, 0.6) is 0 Å². The molecule has 0 aliphatic heterocycles. The van der Waals surface area contributed by atoms with E-state index in [0.717, 1.165) is 35.5 Å². The molecule has 0 spiro atoms. The molecule has 0 aromatic heterocycles. The Morgan fingerprint density at radius 2 is 1.76 bits per heavy atom. The second kappa shape index (κ2) is 7.79. The van der Waals surface area contributed by atoms with E-state index in [4.69, 9.17) is 23.2 Å². The summed E-state index contributed by atoms with van der Waals surface area (Å²) in [6.07, 6.45) is 1.60.